The minimum atomic E-state index is -3.91. The molecule has 0 amide bonds. The normalized spacial score (nSPS) is 23.6. The van der Waals surface area contributed by atoms with Crippen LogP contribution in [0.5, 0.6) is 0 Å². The molecule has 0 saturated carbocycles. The van der Waals surface area contributed by atoms with Gasteiger partial charge in [-0.15, -0.1) is 0 Å². The quantitative estimate of drug-likeness (QED) is 0.802. The third-order valence-electron chi connectivity index (χ3n) is 3.17. The molecular weight excluding hydrogens is 324 g/mol. The first kappa shape index (κ1) is 15.6. The Morgan fingerprint density at radius 1 is 1.40 bits per heavy atom. The lowest BCUT2D eigenvalue weighted by atomic mass is 10.3. The molecule has 0 radical (unpaired) electrons. The summed E-state index contributed by atoms with van der Waals surface area (Å²) in [6.07, 6.45) is 0. The van der Waals surface area contributed by atoms with Crippen molar-refractivity contribution in [2.24, 2.45) is 0 Å². The van der Waals surface area contributed by atoms with E-state index in [1.165, 1.54) is 12.1 Å². The monoisotopic (exact) mass is 338 g/mol. The van der Waals surface area contributed by atoms with Crippen molar-refractivity contribution in [2.45, 2.75) is 17.9 Å². The molecule has 1 aromatic rings. The molecule has 6 nitrogen and oxygen atoms in total. The largest absolute Gasteiger partial charge is 0.398 e. The fourth-order valence-corrected chi connectivity index (χ4v) is 6.29. The smallest absolute Gasteiger partial charge is 0.246 e. The summed E-state index contributed by atoms with van der Waals surface area (Å²) in [5.41, 5.74) is 5.76. The Kier molecular flexibility index (Phi) is 4.03. The molecule has 0 aliphatic carbocycles. The van der Waals surface area contributed by atoms with Crippen LogP contribution in [0.25, 0.3) is 0 Å². The number of nitrogens with zero attached hydrogens (tertiary/aromatic N) is 1. The maximum absolute atomic E-state index is 12.6. The maximum Gasteiger partial charge on any atom is 0.246 e. The number of nitrogens with two attached hydrogens (primary N) is 1. The number of hydrogen-bond donors (Lipinski definition) is 1. The van der Waals surface area contributed by atoms with E-state index in [-0.39, 0.29) is 33.7 Å². The highest BCUT2D eigenvalue weighted by Gasteiger charge is 2.38. The second-order valence-electron chi connectivity index (χ2n) is 4.74. The second kappa shape index (κ2) is 5.18. The van der Waals surface area contributed by atoms with E-state index in [1.807, 2.05) is 0 Å². The first-order valence-corrected chi connectivity index (χ1v) is 9.55. The number of anilines is 1. The molecule has 2 N–H and O–H groups in total. The van der Waals surface area contributed by atoms with Crippen LogP contribution in [0.1, 0.15) is 6.92 Å². The molecule has 0 aromatic heterocycles. The summed E-state index contributed by atoms with van der Waals surface area (Å²) in [6.45, 7) is 1.47. The van der Waals surface area contributed by atoms with Gasteiger partial charge >= 0.3 is 0 Å². The number of hydrogen-bond acceptors (Lipinski definition) is 5. The van der Waals surface area contributed by atoms with Crippen LogP contribution in [0, 0.1) is 0 Å². The predicted octanol–water partition coefficient (Wildman–Crippen LogP) is 0.730. The molecule has 1 aromatic carbocycles. The molecule has 20 heavy (non-hydrogen) atoms. The molecule has 0 spiro atoms. The van der Waals surface area contributed by atoms with Crippen LogP contribution in [0.3, 0.4) is 0 Å². The Labute approximate surface area is 123 Å². The zero-order chi connectivity index (χ0) is 15.1. The minimum absolute atomic E-state index is 0.0330. The highest BCUT2D eigenvalue weighted by molar-refractivity contribution is 7.92. The lowest BCUT2D eigenvalue weighted by Gasteiger charge is -2.32. The summed E-state index contributed by atoms with van der Waals surface area (Å²) < 4.78 is 49.4. The molecule has 9 heteroatoms. The highest BCUT2D eigenvalue weighted by atomic mass is 35.5. The lowest BCUT2D eigenvalue weighted by Crippen LogP contribution is -2.49. The van der Waals surface area contributed by atoms with Gasteiger partial charge in [-0.05, 0) is 19.1 Å². The molecule has 1 aliphatic rings. The van der Waals surface area contributed by atoms with Crippen LogP contribution in [0.2, 0.25) is 5.02 Å². The van der Waals surface area contributed by atoms with E-state index in [0.29, 0.717) is 0 Å². The average Bonchev–Trinajstić information content (AvgIpc) is 2.25. The van der Waals surface area contributed by atoms with Gasteiger partial charge in [-0.1, -0.05) is 17.7 Å². The summed E-state index contributed by atoms with van der Waals surface area (Å²) in [6, 6.07) is 3.80. The van der Waals surface area contributed by atoms with Gasteiger partial charge in [-0.25, -0.2) is 16.8 Å². The van der Waals surface area contributed by atoms with E-state index < -0.39 is 25.9 Å². The molecule has 1 unspecified atom stereocenters. The molecule has 1 fully saturated rings. The van der Waals surface area contributed by atoms with Crippen LogP contribution in [-0.4, -0.2) is 45.2 Å². The maximum atomic E-state index is 12.6. The van der Waals surface area contributed by atoms with Crippen molar-refractivity contribution in [1.82, 2.24) is 4.31 Å². The molecule has 0 bridgehead atoms. The van der Waals surface area contributed by atoms with Gasteiger partial charge in [0.25, 0.3) is 0 Å². The molecule has 1 atom stereocenters. The van der Waals surface area contributed by atoms with Gasteiger partial charge in [-0.2, -0.15) is 4.31 Å². The van der Waals surface area contributed by atoms with E-state index in [9.17, 15) is 16.8 Å². The van der Waals surface area contributed by atoms with Gasteiger partial charge in [-0.3, -0.25) is 0 Å². The zero-order valence-corrected chi connectivity index (χ0v) is 13.2. The molecule has 1 aliphatic heterocycles. The van der Waals surface area contributed by atoms with Crippen molar-refractivity contribution in [1.29, 1.82) is 0 Å². The second-order valence-corrected chi connectivity index (χ2v) is 9.20. The van der Waals surface area contributed by atoms with Crippen molar-refractivity contribution in [3.63, 3.8) is 0 Å². The van der Waals surface area contributed by atoms with Gasteiger partial charge < -0.3 is 5.73 Å². The van der Waals surface area contributed by atoms with Crippen LogP contribution in [0.15, 0.2) is 23.1 Å². The van der Waals surface area contributed by atoms with E-state index in [4.69, 9.17) is 17.3 Å². The standard InChI is InChI=1S/C11H15ClN2O4S2/c1-8-7-19(15,16)6-5-14(8)20(17,18)11-9(12)3-2-4-10(11)13/h2-4,8H,5-7,13H2,1H3. The van der Waals surface area contributed by atoms with Crippen LogP contribution < -0.4 is 5.73 Å². The van der Waals surface area contributed by atoms with Gasteiger partial charge in [0.05, 0.1) is 22.2 Å². The fourth-order valence-electron chi connectivity index (χ4n) is 2.26. The van der Waals surface area contributed by atoms with Crippen molar-refractivity contribution in [2.75, 3.05) is 23.8 Å². The Balaban J connectivity index is 2.47. The first-order valence-electron chi connectivity index (χ1n) is 5.91. The third-order valence-corrected chi connectivity index (χ3v) is 7.53. The number of benzene rings is 1. The van der Waals surface area contributed by atoms with Crippen LogP contribution in [-0.2, 0) is 19.9 Å². The topological polar surface area (TPSA) is 97.5 Å². The molecule has 1 heterocycles. The number of rotatable bonds is 2. The predicted molar refractivity (Wildman–Crippen MR) is 77.9 cm³/mol. The lowest BCUT2D eigenvalue weighted by molar-refractivity contribution is 0.357. The number of sulfonamides is 1. The average molecular weight is 339 g/mol. The summed E-state index contributed by atoms with van der Waals surface area (Å²) in [4.78, 5) is -0.159. The van der Waals surface area contributed by atoms with Crippen molar-refractivity contribution < 1.29 is 16.8 Å². The summed E-state index contributed by atoms with van der Waals surface area (Å²) in [5.74, 6) is -0.391. The molecular formula is C11H15ClN2O4S2. The number of sulfone groups is 1. The minimum Gasteiger partial charge on any atom is -0.398 e. The summed E-state index contributed by atoms with van der Waals surface area (Å²) in [7, 11) is -7.11. The van der Waals surface area contributed by atoms with Gasteiger partial charge in [0.2, 0.25) is 10.0 Å². The Hall–Kier alpha value is -0.830. The number of nitrogen functional groups attached to an aromatic ring is 1. The zero-order valence-electron chi connectivity index (χ0n) is 10.8. The van der Waals surface area contributed by atoms with Gasteiger partial charge in [0.15, 0.2) is 9.84 Å². The van der Waals surface area contributed by atoms with E-state index in [0.717, 1.165) is 4.31 Å². The van der Waals surface area contributed by atoms with Crippen molar-refractivity contribution in [3.05, 3.63) is 23.2 Å². The van der Waals surface area contributed by atoms with E-state index in [2.05, 4.69) is 0 Å². The van der Waals surface area contributed by atoms with Crippen molar-refractivity contribution >= 4 is 37.1 Å². The van der Waals surface area contributed by atoms with Gasteiger partial charge in [0.1, 0.15) is 4.90 Å². The molecule has 2 rings (SSSR count). The first-order chi connectivity index (χ1) is 9.15. The molecule has 1 saturated heterocycles. The third kappa shape index (κ3) is 2.78. The van der Waals surface area contributed by atoms with Gasteiger partial charge in [0, 0.05) is 12.6 Å². The van der Waals surface area contributed by atoms with Crippen LogP contribution in [0.4, 0.5) is 5.69 Å². The van der Waals surface area contributed by atoms with Crippen LogP contribution >= 0.6 is 11.6 Å². The molecule has 112 valence electrons. The Morgan fingerprint density at radius 3 is 2.60 bits per heavy atom. The Bertz CT molecular complexity index is 711. The fraction of sp³-hybridized carbons (Fsp3) is 0.455. The summed E-state index contributed by atoms with van der Waals surface area (Å²) >= 11 is 5.93. The number of halogens is 1. The van der Waals surface area contributed by atoms with E-state index in [1.54, 1.807) is 13.0 Å². The van der Waals surface area contributed by atoms with Crippen molar-refractivity contribution in [3.8, 4) is 0 Å². The van der Waals surface area contributed by atoms with E-state index >= 15 is 0 Å². The Morgan fingerprint density at radius 2 is 2.05 bits per heavy atom. The summed E-state index contributed by atoms with van der Waals surface area (Å²) in [5, 5.41) is 0.0330. The SMILES string of the molecule is CC1CS(=O)(=O)CCN1S(=O)(=O)c1c(N)cccc1Cl. The highest BCUT2D eigenvalue weighted by Crippen LogP contribution is 2.31.